The highest BCUT2D eigenvalue weighted by Gasteiger charge is 2.32. The Bertz CT molecular complexity index is 1740. The molecular formula is C40H48Cl2N4O4S2. The van der Waals surface area contributed by atoms with Gasteiger partial charge in [0.2, 0.25) is 11.8 Å². The van der Waals surface area contributed by atoms with Crippen LogP contribution in [-0.4, -0.2) is 42.8 Å². The van der Waals surface area contributed by atoms with Gasteiger partial charge in [0.05, 0.1) is 47.7 Å². The van der Waals surface area contributed by atoms with Crippen molar-refractivity contribution in [3.63, 3.8) is 0 Å². The molecule has 8 nitrogen and oxygen atoms in total. The molecule has 0 aliphatic heterocycles. The van der Waals surface area contributed by atoms with Crippen molar-refractivity contribution in [1.29, 1.82) is 0 Å². The van der Waals surface area contributed by atoms with Crippen molar-refractivity contribution in [3.05, 3.63) is 107 Å². The molecule has 4 aromatic rings. The van der Waals surface area contributed by atoms with E-state index in [1.807, 2.05) is 102 Å². The molecule has 0 aliphatic carbocycles. The van der Waals surface area contributed by atoms with Gasteiger partial charge in [0, 0.05) is 56.1 Å². The first-order chi connectivity index (χ1) is 24.5. The fourth-order valence-electron chi connectivity index (χ4n) is 5.36. The van der Waals surface area contributed by atoms with Gasteiger partial charge in [0.25, 0.3) is 0 Å². The van der Waals surface area contributed by atoms with E-state index in [1.165, 1.54) is 0 Å². The third-order valence-electron chi connectivity index (χ3n) is 8.17. The van der Waals surface area contributed by atoms with Gasteiger partial charge < -0.3 is 18.6 Å². The maximum Gasteiger partial charge on any atom is 0.218 e. The fourth-order valence-corrected chi connectivity index (χ4v) is 7.68. The molecule has 2 aromatic heterocycles. The Labute approximate surface area is 325 Å². The topological polar surface area (TPSA) is 114 Å². The maximum atomic E-state index is 13.0. The molecule has 0 unspecified atom stereocenters. The van der Waals surface area contributed by atoms with Crippen molar-refractivity contribution in [2.75, 3.05) is 14.2 Å². The Morgan fingerprint density at radius 2 is 1.00 bits per heavy atom. The monoisotopic (exact) mass is 782 g/mol. The second-order valence-corrected chi connectivity index (χ2v) is 18.8. The highest BCUT2D eigenvalue weighted by Crippen LogP contribution is 2.43. The van der Waals surface area contributed by atoms with E-state index in [1.54, 1.807) is 26.4 Å². The van der Waals surface area contributed by atoms with E-state index in [-0.39, 0.29) is 12.1 Å². The lowest BCUT2D eigenvalue weighted by Crippen LogP contribution is -2.41. The molecule has 0 fully saturated rings. The number of nitrogens with one attached hydrogen (secondary N) is 2. The normalized spacial score (nSPS) is 14.3. The zero-order valence-corrected chi connectivity index (χ0v) is 34.2. The first-order valence-corrected chi connectivity index (χ1v) is 19.9. The van der Waals surface area contributed by atoms with Gasteiger partial charge in [-0.15, -0.1) is 22.6 Å². The second kappa shape index (κ2) is 17.8. The molecule has 4 rings (SSSR count). The van der Waals surface area contributed by atoms with Crippen molar-refractivity contribution >= 4 is 45.9 Å². The standard InChI is InChI=1S/C40H48Cl2N4O4S2/c1-11-15-33(45-51(47)39(3,4)5)29-21-23-31(43-37(29)49-9)27-19-13-17-25(35(27)41)26-18-14-20-28(36(26)42)32-24-22-30(38(44-32)50-10)34(16-12-2)46-52(48)40(6,7)8/h11-14,17-24,33-34,45-46H,1-2,15-16H2,3-10H3/t33-,34-,51+,52+/m0/s1. The largest absolute Gasteiger partial charge is 0.598 e. The van der Waals surface area contributed by atoms with Crippen molar-refractivity contribution < 1.29 is 18.6 Å². The quantitative estimate of drug-likeness (QED) is 0.0905. The molecule has 0 amide bonds. The predicted molar refractivity (Wildman–Crippen MR) is 219 cm³/mol. The third-order valence-corrected chi connectivity index (χ3v) is 12.2. The number of halogens is 2. The maximum absolute atomic E-state index is 13.0. The number of aromatic nitrogens is 2. The number of benzene rings is 2. The highest BCUT2D eigenvalue weighted by molar-refractivity contribution is 7.91. The van der Waals surface area contributed by atoms with Crippen LogP contribution in [0, 0.1) is 0 Å². The van der Waals surface area contributed by atoms with E-state index in [4.69, 9.17) is 42.6 Å². The van der Waals surface area contributed by atoms with Crippen molar-refractivity contribution in [1.82, 2.24) is 19.4 Å². The summed E-state index contributed by atoms with van der Waals surface area (Å²) < 4.78 is 43.0. The minimum absolute atomic E-state index is 0.324. The number of hydrogen-bond donors (Lipinski definition) is 2. The Morgan fingerprint density at radius 1 is 0.654 bits per heavy atom. The summed E-state index contributed by atoms with van der Waals surface area (Å²) in [7, 11) is 3.12. The summed E-state index contributed by atoms with van der Waals surface area (Å²) >= 11 is 11.6. The average molecular weight is 784 g/mol. The van der Waals surface area contributed by atoms with Crippen LogP contribution in [-0.2, 0) is 22.7 Å². The van der Waals surface area contributed by atoms with Crippen LogP contribution in [0.15, 0.2) is 86.0 Å². The molecule has 278 valence electrons. The molecule has 0 spiro atoms. The van der Waals surface area contributed by atoms with Crippen LogP contribution in [0.1, 0.15) is 77.6 Å². The summed E-state index contributed by atoms with van der Waals surface area (Å²) in [6.45, 7) is 19.3. The lowest BCUT2D eigenvalue weighted by atomic mass is 9.97. The first kappa shape index (κ1) is 41.7. The molecule has 0 saturated carbocycles. The summed E-state index contributed by atoms with van der Waals surface area (Å²) in [6, 6.07) is 18.3. The van der Waals surface area contributed by atoms with E-state index in [0.29, 0.717) is 68.3 Å². The van der Waals surface area contributed by atoms with Crippen LogP contribution in [0.3, 0.4) is 0 Å². The molecule has 4 atom stereocenters. The SMILES string of the molecule is C=CC[C@H](N[S@+]([O-])C(C)(C)C)c1ccc(-c2cccc(-c3cccc(-c4ccc([C@H](CC=C)N[S@+]([O-])C(C)(C)C)c(OC)n4)c3Cl)c2Cl)nc1OC. The van der Waals surface area contributed by atoms with Crippen LogP contribution in [0.4, 0.5) is 0 Å². The highest BCUT2D eigenvalue weighted by atomic mass is 35.5. The Hall–Kier alpha value is -3.06. The molecule has 2 N–H and O–H groups in total. The van der Waals surface area contributed by atoms with E-state index in [0.717, 1.165) is 11.1 Å². The number of methoxy groups -OCH3 is 2. The molecule has 2 aromatic carbocycles. The zero-order valence-electron chi connectivity index (χ0n) is 31.0. The smallest absolute Gasteiger partial charge is 0.218 e. The Balaban J connectivity index is 1.72. The van der Waals surface area contributed by atoms with Gasteiger partial charge in [0.15, 0.2) is 0 Å². The van der Waals surface area contributed by atoms with Crippen molar-refractivity contribution in [2.24, 2.45) is 0 Å². The number of ether oxygens (including phenoxy) is 2. The van der Waals surface area contributed by atoms with E-state index < -0.39 is 32.2 Å². The summed E-state index contributed by atoms with van der Waals surface area (Å²) in [4.78, 5) is 9.67. The van der Waals surface area contributed by atoms with Crippen LogP contribution in [0.2, 0.25) is 10.0 Å². The summed E-state index contributed by atoms with van der Waals surface area (Å²) in [5.74, 6) is 0.783. The first-order valence-electron chi connectivity index (χ1n) is 16.8. The van der Waals surface area contributed by atoms with Gasteiger partial charge in [-0.05, 0) is 78.6 Å². The number of pyridine rings is 2. The minimum Gasteiger partial charge on any atom is -0.598 e. The lowest BCUT2D eigenvalue weighted by Gasteiger charge is -2.28. The Morgan fingerprint density at radius 3 is 1.31 bits per heavy atom. The van der Waals surface area contributed by atoms with E-state index in [9.17, 15) is 9.11 Å². The number of hydrogen-bond acceptors (Lipinski definition) is 8. The Kier molecular flexibility index (Phi) is 14.3. The fraction of sp³-hybridized carbons (Fsp3) is 0.350. The summed E-state index contributed by atoms with van der Waals surface area (Å²) in [6.07, 6.45) is 4.60. The minimum atomic E-state index is -1.32. The molecule has 12 heteroatoms. The summed E-state index contributed by atoms with van der Waals surface area (Å²) in [5.41, 5.74) is 5.53. The van der Waals surface area contributed by atoms with Gasteiger partial charge in [-0.1, -0.05) is 71.8 Å². The number of rotatable bonds is 15. The summed E-state index contributed by atoms with van der Waals surface area (Å²) in [5, 5.41) is 0.925. The molecule has 52 heavy (non-hydrogen) atoms. The van der Waals surface area contributed by atoms with Gasteiger partial charge in [0.1, 0.15) is 9.49 Å². The zero-order chi connectivity index (χ0) is 38.4. The molecule has 0 saturated heterocycles. The van der Waals surface area contributed by atoms with Crippen LogP contribution in [0.25, 0.3) is 33.6 Å². The van der Waals surface area contributed by atoms with E-state index in [2.05, 4.69) is 22.6 Å². The van der Waals surface area contributed by atoms with Gasteiger partial charge in [-0.2, -0.15) is 0 Å². The third kappa shape index (κ3) is 9.72. The molecule has 2 heterocycles. The van der Waals surface area contributed by atoms with Crippen molar-refractivity contribution in [3.8, 4) is 45.4 Å². The molecule has 0 radical (unpaired) electrons. The van der Waals surface area contributed by atoms with Crippen LogP contribution < -0.4 is 18.9 Å². The van der Waals surface area contributed by atoms with E-state index >= 15 is 0 Å². The average Bonchev–Trinajstić information content (AvgIpc) is 3.10. The lowest BCUT2D eigenvalue weighted by molar-refractivity contribution is 0.386. The second-order valence-electron chi connectivity index (χ2n) is 14.1. The van der Waals surface area contributed by atoms with Crippen molar-refractivity contribution in [2.45, 2.75) is 76.0 Å². The predicted octanol–water partition coefficient (Wildman–Crippen LogP) is 10.1. The number of nitrogens with zero attached hydrogens (tertiary/aromatic N) is 2. The van der Waals surface area contributed by atoms with Crippen LogP contribution >= 0.6 is 23.2 Å². The van der Waals surface area contributed by atoms with Gasteiger partial charge in [-0.25, -0.2) is 9.97 Å². The van der Waals surface area contributed by atoms with Gasteiger partial charge >= 0.3 is 0 Å². The molecule has 0 aliphatic rings. The molecule has 0 bridgehead atoms. The molecular weight excluding hydrogens is 736 g/mol. The van der Waals surface area contributed by atoms with Gasteiger partial charge in [-0.3, -0.25) is 0 Å². The van der Waals surface area contributed by atoms with Crippen LogP contribution in [0.5, 0.6) is 11.8 Å².